The molecule has 0 amide bonds. The van der Waals surface area contributed by atoms with Crippen molar-refractivity contribution in [2.24, 2.45) is 0 Å². The molecule has 0 spiro atoms. The van der Waals surface area contributed by atoms with Crippen molar-refractivity contribution in [3.8, 4) is 11.5 Å². The molecule has 0 bridgehead atoms. The topological polar surface area (TPSA) is 61.8 Å². The van der Waals surface area contributed by atoms with E-state index in [1.807, 2.05) is 13.8 Å². The summed E-state index contributed by atoms with van der Waals surface area (Å²) in [5.41, 5.74) is 2.04. The Bertz CT molecular complexity index is 597. The van der Waals surface area contributed by atoms with Crippen LogP contribution in [0.25, 0.3) is 0 Å². The van der Waals surface area contributed by atoms with Crippen LogP contribution >= 0.6 is 7.82 Å². The Morgan fingerprint density at radius 2 is 1.19 bits per heavy atom. The van der Waals surface area contributed by atoms with Gasteiger partial charge in [-0.15, -0.1) is 0 Å². The summed E-state index contributed by atoms with van der Waals surface area (Å²) in [6, 6.07) is 13.6. The minimum absolute atomic E-state index is 0.0448. The van der Waals surface area contributed by atoms with Crippen molar-refractivity contribution in [1.29, 1.82) is 0 Å². The molecule has 21 heavy (non-hydrogen) atoms. The Labute approximate surface area is 123 Å². The van der Waals surface area contributed by atoms with Gasteiger partial charge in [0.25, 0.3) is 0 Å². The fourth-order valence-electron chi connectivity index (χ4n) is 1.57. The molecule has 0 N–H and O–H groups in total. The van der Waals surface area contributed by atoms with E-state index in [1.165, 1.54) is 0 Å². The lowest BCUT2D eigenvalue weighted by Gasteiger charge is -2.16. The lowest BCUT2D eigenvalue weighted by molar-refractivity contribution is -0.121. The standard InChI is InChI=1S/C15H15O5P/c1-12-3-7-14(8-4-12)19-21(17,18-11-16)20-15-9-5-13(2)6-10-15/h3-11H,1-2H3. The van der Waals surface area contributed by atoms with Crippen molar-refractivity contribution in [1.82, 2.24) is 0 Å². The summed E-state index contributed by atoms with van der Waals surface area (Å²) in [4.78, 5) is 10.6. The Morgan fingerprint density at radius 3 is 1.52 bits per heavy atom. The third-order valence-electron chi connectivity index (χ3n) is 2.65. The van der Waals surface area contributed by atoms with Gasteiger partial charge in [-0.05, 0) is 38.1 Å². The number of phosphoric acid groups is 1. The van der Waals surface area contributed by atoms with Crippen LogP contribution in [-0.2, 0) is 13.9 Å². The molecule has 5 nitrogen and oxygen atoms in total. The second kappa shape index (κ2) is 6.46. The van der Waals surface area contributed by atoms with Crippen LogP contribution in [-0.4, -0.2) is 6.47 Å². The number of phosphoric ester groups is 1. The van der Waals surface area contributed by atoms with Gasteiger partial charge in [0.05, 0.1) is 0 Å². The van der Waals surface area contributed by atoms with Crippen LogP contribution in [0.4, 0.5) is 0 Å². The number of hydrogen-bond donors (Lipinski definition) is 0. The number of carbonyl (C=O) groups is 1. The summed E-state index contributed by atoms with van der Waals surface area (Å²) in [7, 11) is -4.06. The first-order chi connectivity index (χ1) is 10.0. The predicted octanol–water partition coefficient (Wildman–Crippen LogP) is 4.04. The first-order valence-electron chi connectivity index (χ1n) is 6.25. The molecule has 0 heterocycles. The van der Waals surface area contributed by atoms with Crippen LogP contribution in [0.15, 0.2) is 48.5 Å². The summed E-state index contributed by atoms with van der Waals surface area (Å²) < 4.78 is 27.4. The molecule has 6 heteroatoms. The molecule has 0 saturated carbocycles. The van der Waals surface area contributed by atoms with Crippen LogP contribution in [0.3, 0.4) is 0 Å². The predicted molar refractivity (Wildman–Crippen MR) is 78.4 cm³/mol. The van der Waals surface area contributed by atoms with E-state index in [0.29, 0.717) is 0 Å². The van der Waals surface area contributed by atoms with Crippen LogP contribution in [0.2, 0.25) is 0 Å². The quantitative estimate of drug-likeness (QED) is 0.595. The van der Waals surface area contributed by atoms with Gasteiger partial charge in [0, 0.05) is 0 Å². The zero-order valence-corrected chi connectivity index (χ0v) is 12.6. The molecule has 2 aromatic rings. The highest BCUT2D eigenvalue weighted by Crippen LogP contribution is 2.48. The lowest BCUT2D eigenvalue weighted by atomic mass is 10.2. The van der Waals surface area contributed by atoms with Crippen molar-refractivity contribution >= 4 is 14.3 Å². The van der Waals surface area contributed by atoms with Crippen molar-refractivity contribution in [3.63, 3.8) is 0 Å². The maximum Gasteiger partial charge on any atom is 0.649 e. The van der Waals surface area contributed by atoms with Crippen molar-refractivity contribution in [2.45, 2.75) is 13.8 Å². The molecule has 0 aromatic heterocycles. The molecule has 110 valence electrons. The number of aryl methyl sites for hydroxylation is 2. The molecule has 0 fully saturated rings. The van der Waals surface area contributed by atoms with Gasteiger partial charge in [0.1, 0.15) is 11.5 Å². The second-order valence-corrected chi connectivity index (χ2v) is 5.93. The summed E-state index contributed by atoms with van der Waals surface area (Å²) in [5, 5.41) is 0. The van der Waals surface area contributed by atoms with Gasteiger partial charge in [0.2, 0.25) is 0 Å². The minimum atomic E-state index is -4.06. The molecule has 0 aliphatic rings. The first kappa shape index (κ1) is 15.1. The number of hydrogen-bond acceptors (Lipinski definition) is 5. The Balaban J connectivity index is 2.19. The zero-order valence-electron chi connectivity index (χ0n) is 11.7. The fourth-order valence-corrected chi connectivity index (χ4v) is 2.56. The smallest absolute Gasteiger partial charge is 0.386 e. The molecule has 0 saturated heterocycles. The molecule has 0 aliphatic heterocycles. The first-order valence-corrected chi connectivity index (χ1v) is 7.71. The Morgan fingerprint density at radius 1 is 0.810 bits per heavy atom. The third kappa shape index (κ3) is 4.36. The lowest BCUT2D eigenvalue weighted by Crippen LogP contribution is -2.04. The number of carbonyl (C=O) groups excluding carboxylic acids is 1. The van der Waals surface area contributed by atoms with Gasteiger partial charge in [-0.1, -0.05) is 35.4 Å². The van der Waals surface area contributed by atoms with Gasteiger partial charge in [-0.3, -0.25) is 4.79 Å². The number of rotatable bonds is 6. The average Bonchev–Trinajstić information content (AvgIpc) is 2.44. The molecule has 2 rings (SSSR count). The van der Waals surface area contributed by atoms with E-state index in [1.54, 1.807) is 48.5 Å². The highest BCUT2D eigenvalue weighted by molar-refractivity contribution is 7.49. The molecular weight excluding hydrogens is 291 g/mol. The molecule has 2 aromatic carbocycles. The van der Waals surface area contributed by atoms with Gasteiger partial charge in [0.15, 0.2) is 0 Å². The van der Waals surface area contributed by atoms with Gasteiger partial charge in [-0.2, -0.15) is 4.57 Å². The minimum Gasteiger partial charge on any atom is -0.386 e. The van der Waals surface area contributed by atoms with Crippen molar-refractivity contribution < 1.29 is 22.9 Å². The molecule has 0 radical (unpaired) electrons. The summed E-state index contributed by atoms with van der Waals surface area (Å²) in [6.45, 7) is 3.87. The maximum atomic E-state index is 12.4. The van der Waals surface area contributed by atoms with E-state index in [2.05, 4.69) is 4.52 Å². The van der Waals surface area contributed by atoms with E-state index in [-0.39, 0.29) is 18.0 Å². The van der Waals surface area contributed by atoms with Crippen molar-refractivity contribution in [3.05, 3.63) is 59.7 Å². The highest BCUT2D eigenvalue weighted by Gasteiger charge is 2.32. The van der Waals surface area contributed by atoms with Gasteiger partial charge < -0.3 is 13.6 Å². The van der Waals surface area contributed by atoms with E-state index < -0.39 is 7.82 Å². The Hall–Kier alpha value is -2.26. The summed E-state index contributed by atoms with van der Waals surface area (Å²) in [6.07, 6.45) is 0. The van der Waals surface area contributed by atoms with E-state index in [4.69, 9.17) is 9.05 Å². The second-order valence-electron chi connectivity index (χ2n) is 4.46. The average molecular weight is 306 g/mol. The van der Waals surface area contributed by atoms with Gasteiger partial charge in [-0.25, -0.2) is 0 Å². The van der Waals surface area contributed by atoms with Crippen LogP contribution in [0.1, 0.15) is 11.1 Å². The van der Waals surface area contributed by atoms with Crippen LogP contribution in [0.5, 0.6) is 11.5 Å². The van der Waals surface area contributed by atoms with E-state index >= 15 is 0 Å². The SMILES string of the molecule is Cc1ccc(OP(=O)(OC=O)Oc2ccc(C)cc2)cc1. The third-order valence-corrected chi connectivity index (χ3v) is 3.86. The fraction of sp³-hybridized carbons (Fsp3) is 0.133. The Kier molecular flexibility index (Phi) is 4.66. The molecule has 0 aliphatic carbocycles. The monoisotopic (exact) mass is 306 g/mol. The molecule has 0 atom stereocenters. The largest absolute Gasteiger partial charge is 0.649 e. The molecule has 0 unspecified atom stereocenters. The number of benzene rings is 2. The van der Waals surface area contributed by atoms with E-state index in [0.717, 1.165) is 11.1 Å². The summed E-state index contributed by atoms with van der Waals surface area (Å²) in [5.74, 6) is 0.579. The van der Waals surface area contributed by atoms with E-state index in [9.17, 15) is 9.36 Å². The maximum absolute atomic E-state index is 12.4. The molecular formula is C15H15O5P. The van der Waals surface area contributed by atoms with Gasteiger partial charge >= 0.3 is 14.3 Å². The van der Waals surface area contributed by atoms with Crippen molar-refractivity contribution in [2.75, 3.05) is 0 Å². The van der Waals surface area contributed by atoms with Crippen LogP contribution in [0, 0.1) is 13.8 Å². The zero-order chi connectivity index (χ0) is 15.3. The highest BCUT2D eigenvalue weighted by atomic mass is 31.2. The van der Waals surface area contributed by atoms with Crippen LogP contribution < -0.4 is 9.05 Å². The normalized spacial score (nSPS) is 10.8. The summed E-state index contributed by atoms with van der Waals surface area (Å²) >= 11 is 0.